The van der Waals surface area contributed by atoms with E-state index < -0.39 is 0 Å². The molecule has 0 heterocycles. The Bertz CT molecular complexity index is 621. The molecular formula is C21H26BN. The van der Waals surface area contributed by atoms with Crippen molar-refractivity contribution >= 4 is 13.5 Å². The summed E-state index contributed by atoms with van der Waals surface area (Å²) in [6.45, 7) is 14.1. The molecule has 0 saturated carbocycles. The molecule has 0 saturated heterocycles. The van der Waals surface area contributed by atoms with Gasteiger partial charge in [-0.15, -0.1) is 0 Å². The summed E-state index contributed by atoms with van der Waals surface area (Å²) in [7, 11) is 2.11. The van der Waals surface area contributed by atoms with Crippen LogP contribution in [-0.2, 0) is 0 Å². The Morgan fingerprint density at radius 2 is 1.78 bits per heavy atom. The predicted molar refractivity (Wildman–Crippen MR) is 107 cm³/mol. The lowest BCUT2D eigenvalue weighted by molar-refractivity contribution is 1.05. The summed E-state index contributed by atoms with van der Waals surface area (Å²) < 4.78 is 0. The Balaban J connectivity index is 2.84. The summed E-state index contributed by atoms with van der Waals surface area (Å²) in [5, 5.41) is 0. The van der Waals surface area contributed by atoms with E-state index in [-0.39, 0.29) is 0 Å². The Labute approximate surface area is 142 Å². The normalized spacial score (nSPS) is 11.8. The van der Waals surface area contributed by atoms with E-state index >= 15 is 0 Å². The fraction of sp³-hybridized carbons (Fsp3) is 0.143. The molecule has 23 heavy (non-hydrogen) atoms. The molecule has 1 aromatic rings. The van der Waals surface area contributed by atoms with Gasteiger partial charge in [0, 0.05) is 17.1 Å². The molecule has 1 nitrogen and oxygen atoms in total. The monoisotopic (exact) mass is 303 g/mol. The van der Waals surface area contributed by atoms with Gasteiger partial charge in [0.05, 0.1) is 0 Å². The number of rotatable bonds is 9. The minimum absolute atomic E-state index is 0.806. The van der Waals surface area contributed by atoms with Gasteiger partial charge in [0.25, 0.3) is 0 Å². The molecule has 1 rings (SSSR count). The van der Waals surface area contributed by atoms with Crippen molar-refractivity contribution in [3.8, 4) is 0 Å². The van der Waals surface area contributed by atoms with Crippen molar-refractivity contribution in [1.29, 1.82) is 0 Å². The smallest absolute Gasteiger partial charge is 0.138 e. The lowest BCUT2D eigenvalue weighted by atomic mass is 9.93. The van der Waals surface area contributed by atoms with Gasteiger partial charge in [-0.05, 0) is 44.1 Å². The fourth-order valence-electron chi connectivity index (χ4n) is 2.13. The van der Waals surface area contributed by atoms with Crippen molar-refractivity contribution in [2.24, 2.45) is 0 Å². The topological polar surface area (TPSA) is 3.24 Å². The van der Waals surface area contributed by atoms with Gasteiger partial charge >= 0.3 is 0 Å². The molecule has 0 atom stereocenters. The van der Waals surface area contributed by atoms with Gasteiger partial charge in [-0.3, -0.25) is 0 Å². The van der Waals surface area contributed by atoms with E-state index in [1.165, 1.54) is 5.47 Å². The van der Waals surface area contributed by atoms with Gasteiger partial charge in [0.1, 0.15) is 7.85 Å². The highest BCUT2D eigenvalue weighted by atomic mass is 15.1. The molecular weight excluding hydrogens is 277 g/mol. The maximum atomic E-state index is 4.17. The molecule has 0 aliphatic carbocycles. The number of hydrogen-bond acceptors (Lipinski definition) is 1. The van der Waals surface area contributed by atoms with Crippen LogP contribution in [-0.4, -0.2) is 7.85 Å². The molecule has 0 unspecified atom stereocenters. The number of para-hydroxylation sites is 1. The van der Waals surface area contributed by atoms with Crippen LogP contribution >= 0.6 is 0 Å². The number of allylic oxidation sites excluding steroid dienone is 7. The summed E-state index contributed by atoms with van der Waals surface area (Å²) in [4.78, 5) is 2.00. The summed E-state index contributed by atoms with van der Waals surface area (Å²) in [6, 6.07) is 10.1. The van der Waals surface area contributed by atoms with Crippen LogP contribution in [0.2, 0.25) is 0 Å². The Hall–Kier alpha value is -2.48. The lowest BCUT2D eigenvalue weighted by Gasteiger charge is -2.25. The number of nitrogens with zero attached hydrogens (tertiary/aromatic N) is 1. The molecule has 2 heteroatoms. The van der Waals surface area contributed by atoms with E-state index in [1.54, 1.807) is 6.08 Å². The highest BCUT2D eigenvalue weighted by Crippen LogP contribution is 2.23. The Morgan fingerprint density at radius 3 is 2.39 bits per heavy atom. The molecule has 0 spiro atoms. The fourth-order valence-corrected chi connectivity index (χ4v) is 2.13. The molecule has 0 bridgehead atoms. The first-order valence-corrected chi connectivity index (χ1v) is 7.91. The van der Waals surface area contributed by atoms with Crippen LogP contribution < -0.4 is 4.90 Å². The first kappa shape index (κ1) is 18.6. The van der Waals surface area contributed by atoms with E-state index in [4.69, 9.17) is 0 Å². The van der Waals surface area contributed by atoms with Crippen LogP contribution in [0.5, 0.6) is 0 Å². The quantitative estimate of drug-likeness (QED) is 0.264. The predicted octanol–water partition coefficient (Wildman–Crippen LogP) is 5.14. The molecule has 0 aliphatic rings. The van der Waals surface area contributed by atoms with Crippen molar-refractivity contribution < 1.29 is 0 Å². The highest BCUT2D eigenvalue weighted by molar-refractivity contribution is 6.23. The molecule has 118 valence electrons. The second-order valence-electron chi connectivity index (χ2n) is 5.29. The van der Waals surface area contributed by atoms with Gasteiger partial charge in [0.2, 0.25) is 0 Å². The number of unbranched alkanes of at least 4 members (excludes halogenated alkanes) is 1. The van der Waals surface area contributed by atoms with Crippen LogP contribution in [0.1, 0.15) is 19.8 Å². The van der Waals surface area contributed by atoms with Crippen LogP contribution in [0.3, 0.4) is 0 Å². The highest BCUT2D eigenvalue weighted by Gasteiger charge is 2.09. The molecule has 0 radical (unpaired) electrons. The van der Waals surface area contributed by atoms with Crippen molar-refractivity contribution in [2.75, 3.05) is 4.90 Å². The van der Waals surface area contributed by atoms with E-state index in [1.807, 2.05) is 48.2 Å². The zero-order valence-electron chi connectivity index (χ0n) is 14.3. The van der Waals surface area contributed by atoms with Crippen LogP contribution in [0, 0.1) is 0 Å². The van der Waals surface area contributed by atoms with E-state index in [0.29, 0.717) is 0 Å². The molecule has 0 aromatic heterocycles. The summed E-state index contributed by atoms with van der Waals surface area (Å²) in [5.41, 5.74) is 3.93. The second-order valence-corrected chi connectivity index (χ2v) is 5.29. The van der Waals surface area contributed by atoms with Gasteiger partial charge in [-0.1, -0.05) is 67.7 Å². The summed E-state index contributed by atoms with van der Waals surface area (Å²) in [5.74, 6) is 0. The first-order chi connectivity index (χ1) is 11.1. The average molecular weight is 303 g/mol. The standard InChI is InChI=1S/C21H26BN/c1-5-7-8-10-13-20(22)17-16-19(4)23(18(3)6-2)21-14-11-9-12-15-21/h5-7,9,11-17H,2-4,8,10,22H2,1H3/b7-5-,17-16-,20-13+. The van der Waals surface area contributed by atoms with E-state index in [2.05, 4.69) is 51.9 Å². The Kier molecular flexibility index (Phi) is 8.31. The zero-order chi connectivity index (χ0) is 17.1. The second kappa shape index (κ2) is 10.3. The molecule has 1 aromatic carbocycles. The number of benzene rings is 1. The number of anilines is 1. The average Bonchev–Trinajstić information content (AvgIpc) is 2.58. The zero-order valence-corrected chi connectivity index (χ0v) is 14.3. The third-order valence-electron chi connectivity index (χ3n) is 3.40. The molecule has 0 amide bonds. The third kappa shape index (κ3) is 6.44. The molecule has 0 N–H and O–H groups in total. The maximum absolute atomic E-state index is 4.17. The lowest BCUT2D eigenvalue weighted by Crippen LogP contribution is -2.18. The first-order valence-electron chi connectivity index (χ1n) is 7.91. The SMILES string of the molecule is BC(/C=C\C(=C)N(C(=C)C=C)c1ccccc1)=C/CC/C=C\C. The van der Waals surface area contributed by atoms with Crippen LogP contribution in [0.15, 0.2) is 103 Å². The Morgan fingerprint density at radius 1 is 1.09 bits per heavy atom. The van der Waals surface area contributed by atoms with Crippen LogP contribution in [0.25, 0.3) is 0 Å². The summed E-state index contributed by atoms with van der Waals surface area (Å²) >= 11 is 0. The van der Waals surface area contributed by atoms with Crippen molar-refractivity contribution in [1.82, 2.24) is 0 Å². The van der Waals surface area contributed by atoms with Crippen molar-refractivity contribution in [2.45, 2.75) is 19.8 Å². The molecule has 0 aliphatic heterocycles. The van der Waals surface area contributed by atoms with Crippen molar-refractivity contribution in [3.63, 3.8) is 0 Å². The van der Waals surface area contributed by atoms with Gasteiger partial charge in [-0.25, -0.2) is 0 Å². The van der Waals surface area contributed by atoms with Gasteiger partial charge in [0.15, 0.2) is 0 Å². The minimum Gasteiger partial charge on any atom is -0.312 e. The van der Waals surface area contributed by atoms with Gasteiger partial charge in [-0.2, -0.15) is 0 Å². The minimum atomic E-state index is 0.806. The number of hydrogen-bond donors (Lipinski definition) is 0. The van der Waals surface area contributed by atoms with Gasteiger partial charge < -0.3 is 4.90 Å². The summed E-state index contributed by atoms with van der Waals surface area (Å²) in [6.07, 6.45) is 14.5. The third-order valence-corrected chi connectivity index (χ3v) is 3.40. The van der Waals surface area contributed by atoms with E-state index in [9.17, 15) is 0 Å². The molecule has 0 fully saturated rings. The maximum Gasteiger partial charge on any atom is 0.138 e. The van der Waals surface area contributed by atoms with E-state index in [0.717, 1.165) is 29.9 Å². The van der Waals surface area contributed by atoms with Crippen LogP contribution in [0.4, 0.5) is 5.69 Å². The van der Waals surface area contributed by atoms with Crippen molar-refractivity contribution in [3.05, 3.63) is 103 Å². The largest absolute Gasteiger partial charge is 0.312 e.